The smallest absolute Gasteiger partial charge is 0.00313 e. The average molecular weight is 192 g/mol. The molecule has 1 radical (unpaired) electrons. The average Bonchev–Trinajstić information content (AvgIpc) is 1.89. The summed E-state index contributed by atoms with van der Waals surface area (Å²) in [6.07, 6.45) is 8.98. The second kappa shape index (κ2) is 8.48. The second-order valence-electron chi connectivity index (χ2n) is 2.24. The Morgan fingerprint density at radius 1 is 1.22 bits per heavy atom. The summed E-state index contributed by atoms with van der Waals surface area (Å²) in [6, 6.07) is 0. The lowest BCUT2D eigenvalue weighted by molar-refractivity contribution is 0.704. The van der Waals surface area contributed by atoms with E-state index in [1.807, 2.05) is 0 Å². The Morgan fingerprint density at radius 3 is 2.56 bits per heavy atom. The van der Waals surface area contributed by atoms with Crippen LogP contribution in [-0.4, -0.2) is 5.33 Å². The summed E-state index contributed by atoms with van der Waals surface area (Å²) >= 11 is 3.41. The van der Waals surface area contributed by atoms with Crippen molar-refractivity contribution in [3.8, 4) is 0 Å². The fourth-order valence-corrected chi connectivity index (χ4v) is 1.16. The Labute approximate surface area is 67.2 Å². The van der Waals surface area contributed by atoms with E-state index in [9.17, 15) is 0 Å². The third-order valence-corrected chi connectivity index (χ3v) is 1.89. The van der Waals surface area contributed by atoms with E-state index in [4.69, 9.17) is 0 Å². The van der Waals surface area contributed by atoms with Crippen LogP contribution in [0.15, 0.2) is 0 Å². The second-order valence-corrected chi connectivity index (χ2v) is 3.03. The number of hydrogen-bond donors (Lipinski definition) is 0. The summed E-state index contributed by atoms with van der Waals surface area (Å²) in [5.74, 6) is 0. The molecule has 9 heavy (non-hydrogen) atoms. The molecule has 0 aromatic rings. The van der Waals surface area contributed by atoms with Gasteiger partial charge in [0.15, 0.2) is 0 Å². The van der Waals surface area contributed by atoms with Gasteiger partial charge in [0.25, 0.3) is 0 Å². The molecular formula is C8H16Br. The van der Waals surface area contributed by atoms with Gasteiger partial charge in [-0.05, 0) is 12.8 Å². The molecule has 0 bridgehead atoms. The van der Waals surface area contributed by atoms with Gasteiger partial charge >= 0.3 is 0 Å². The maximum Gasteiger partial charge on any atom is 0.00313 e. The van der Waals surface area contributed by atoms with E-state index in [1.165, 1.54) is 37.4 Å². The van der Waals surface area contributed by atoms with E-state index in [2.05, 4.69) is 29.3 Å². The van der Waals surface area contributed by atoms with Crippen LogP contribution in [0.3, 0.4) is 0 Å². The highest BCUT2D eigenvalue weighted by atomic mass is 79.9. The Kier molecular flexibility index (Phi) is 8.93. The minimum Gasteiger partial charge on any atom is -0.0928 e. The van der Waals surface area contributed by atoms with Gasteiger partial charge in [-0.1, -0.05) is 48.5 Å². The lowest BCUT2D eigenvalue weighted by Gasteiger charge is -1.95. The largest absolute Gasteiger partial charge is 0.0928 e. The van der Waals surface area contributed by atoms with Crippen LogP contribution < -0.4 is 0 Å². The first-order chi connectivity index (χ1) is 4.41. The van der Waals surface area contributed by atoms with E-state index in [1.54, 1.807) is 0 Å². The molecule has 0 rings (SSSR count). The maximum absolute atomic E-state index is 3.41. The van der Waals surface area contributed by atoms with Crippen LogP contribution in [0.5, 0.6) is 0 Å². The summed E-state index contributed by atoms with van der Waals surface area (Å²) < 4.78 is 0. The lowest BCUT2D eigenvalue weighted by Crippen LogP contribution is -1.78. The predicted molar refractivity (Wildman–Crippen MR) is 46.9 cm³/mol. The van der Waals surface area contributed by atoms with Crippen molar-refractivity contribution in [2.24, 2.45) is 0 Å². The highest BCUT2D eigenvalue weighted by molar-refractivity contribution is 9.09. The SMILES string of the molecule is CC[CH]CCCCCBr. The van der Waals surface area contributed by atoms with Gasteiger partial charge in [-0.3, -0.25) is 0 Å². The molecule has 0 spiro atoms. The summed E-state index contributed by atoms with van der Waals surface area (Å²) in [7, 11) is 0. The molecule has 0 unspecified atom stereocenters. The summed E-state index contributed by atoms with van der Waals surface area (Å²) in [6.45, 7) is 2.20. The topological polar surface area (TPSA) is 0 Å². The normalized spacial score (nSPS) is 10.0. The van der Waals surface area contributed by atoms with Crippen LogP contribution in [0.2, 0.25) is 0 Å². The van der Waals surface area contributed by atoms with Crippen molar-refractivity contribution >= 4 is 15.9 Å². The molecule has 0 atom stereocenters. The van der Waals surface area contributed by atoms with Gasteiger partial charge in [-0.2, -0.15) is 0 Å². The van der Waals surface area contributed by atoms with Crippen LogP contribution in [0.4, 0.5) is 0 Å². The number of unbranched alkanes of at least 4 members (excludes halogenated alkanes) is 5. The minimum absolute atomic E-state index is 1.17. The number of rotatable bonds is 6. The first kappa shape index (κ1) is 9.48. The zero-order valence-electron chi connectivity index (χ0n) is 6.20. The number of hydrogen-bond acceptors (Lipinski definition) is 0. The molecule has 0 aliphatic rings. The third-order valence-electron chi connectivity index (χ3n) is 1.33. The minimum atomic E-state index is 1.17. The molecule has 0 aromatic heterocycles. The Bertz CT molecular complexity index is 37.8. The zero-order chi connectivity index (χ0) is 6.95. The molecule has 0 saturated carbocycles. The standard InChI is InChI=1S/C8H16Br/c1-2-3-4-5-6-7-8-9/h3H,2,4-8H2,1H3. The van der Waals surface area contributed by atoms with Crippen LogP contribution in [0.25, 0.3) is 0 Å². The molecule has 1 heteroatoms. The van der Waals surface area contributed by atoms with E-state index in [0.717, 1.165) is 0 Å². The molecule has 0 heterocycles. The molecule has 0 amide bonds. The Hall–Kier alpha value is 0.480. The van der Waals surface area contributed by atoms with Crippen molar-refractivity contribution in [3.05, 3.63) is 6.42 Å². The molecule has 0 N–H and O–H groups in total. The summed E-state index contributed by atoms with van der Waals surface area (Å²) in [5, 5.41) is 1.17. The van der Waals surface area contributed by atoms with Gasteiger partial charge in [0.1, 0.15) is 0 Å². The van der Waals surface area contributed by atoms with Crippen molar-refractivity contribution in [1.82, 2.24) is 0 Å². The molecule has 55 valence electrons. The quantitative estimate of drug-likeness (QED) is 0.446. The molecule has 0 nitrogen and oxygen atoms in total. The molecule has 0 fully saturated rings. The van der Waals surface area contributed by atoms with Crippen molar-refractivity contribution in [3.63, 3.8) is 0 Å². The monoisotopic (exact) mass is 191 g/mol. The molecule has 0 saturated heterocycles. The molecule has 0 aliphatic carbocycles. The van der Waals surface area contributed by atoms with Crippen LogP contribution >= 0.6 is 15.9 Å². The maximum atomic E-state index is 3.41. The van der Waals surface area contributed by atoms with Gasteiger partial charge in [-0.15, -0.1) is 0 Å². The van der Waals surface area contributed by atoms with Gasteiger partial charge < -0.3 is 0 Å². The Morgan fingerprint density at radius 2 is 2.00 bits per heavy atom. The third kappa shape index (κ3) is 8.48. The van der Waals surface area contributed by atoms with E-state index >= 15 is 0 Å². The fraction of sp³-hybridized carbons (Fsp3) is 0.875. The summed E-state index contributed by atoms with van der Waals surface area (Å²) in [4.78, 5) is 0. The first-order valence-electron chi connectivity index (χ1n) is 3.79. The van der Waals surface area contributed by atoms with Gasteiger partial charge in [-0.25, -0.2) is 0 Å². The molecule has 0 aromatic carbocycles. The summed E-state index contributed by atoms with van der Waals surface area (Å²) in [5.41, 5.74) is 0. The van der Waals surface area contributed by atoms with Gasteiger partial charge in [0, 0.05) is 5.33 Å². The van der Waals surface area contributed by atoms with Crippen molar-refractivity contribution in [1.29, 1.82) is 0 Å². The van der Waals surface area contributed by atoms with Crippen LogP contribution in [0, 0.1) is 6.42 Å². The van der Waals surface area contributed by atoms with Crippen molar-refractivity contribution in [2.75, 3.05) is 5.33 Å². The van der Waals surface area contributed by atoms with Gasteiger partial charge in [0.05, 0.1) is 0 Å². The highest BCUT2D eigenvalue weighted by Gasteiger charge is 1.86. The van der Waals surface area contributed by atoms with Crippen molar-refractivity contribution < 1.29 is 0 Å². The van der Waals surface area contributed by atoms with Crippen LogP contribution in [-0.2, 0) is 0 Å². The number of alkyl halides is 1. The van der Waals surface area contributed by atoms with Gasteiger partial charge in [0.2, 0.25) is 0 Å². The number of halogens is 1. The predicted octanol–water partition coefficient (Wildman–Crippen LogP) is 3.56. The van der Waals surface area contributed by atoms with Crippen LogP contribution in [0.1, 0.15) is 39.0 Å². The molecular weight excluding hydrogens is 176 g/mol. The molecule has 0 aliphatic heterocycles. The van der Waals surface area contributed by atoms with E-state index < -0.39 is 0 Å². The zero-order valence-corrected chi connectivity index (χ0v) is 7.78. The lowest BCUT2D eigenvalue weighted by atomic mass is 10.1. The Balaban J connectivity index is 2.60. The van der Waals surface area contributed by atoms with E-state index in [-0.39, 0.29) is 0 Å². The highest BCUT2D eigenvalue weighted by Crippen LogP contribution is 2.04. The fourth-order valence-electron chi connectivity index (χ4n) is 0.764. The first-order valence-corrected chi connectivity index (χ1v) is 4.91. The van der Waals surface area contributed by atoms with E-state index in [0.29, 0.717) is 0 Å². The van der Waals surface area contributed by atoms with Crippen molar-refractivity contribution in [2.45, 2.75) is 39.0 Å².